The molecule has 4 aromatic rings. The minimum atomic E-state index is -0.690. The average molecular weight is 527 g/mol. The summed E-state index contributed by atoms with van der Waals surface area (Å²) in [6.07, 6.45) is 0.622. The first kappa shape index (κ1) is 26.6. The number of rotatable bonds is 9. The first-order chi connectivity index (χ1) is 19.0. The van der Waals surface area contributed by atoms with Crippen LogP contribution in [-0.4, -0.2) is 23.5 Å². The zero-order chi connectivity index (χ0) is 27.2. The molecule has 0 radical (unpaired) electrons. The van der Waals surface area contributed by atoms with Gasteiger partial charge in [-0.1, -0.05) is 73.7 Å². The maximum atomic E-state index is 14.6. The third kappa shape index (κ3) is 6.35. The fourth-order valence-electron chi connectivity index (χ4n) is 5.20. The molecule has 1 amide bonds. The predicted octanol–water partition coefficient (Wildman–Crippen LogP) is 6.59. The van der Waals surface area contributed by atoms with Crippen molar-refractivity contribution in [2.75, 3.05) is 6.54 Å². The van der Waals surface area contributed by atoms with Crippen molar-refractivity contribution in [2.45, 2.75) is 45.0 Å². The van der Waals surface area contributed by atoms with Crippen LogP contribution in [0, 0.1) is 11.6 Å². The molecular weight excluding hydrogens is 494 g/mol. The van der Waals surface area contributed by atoms with E-state index in [0.29, 0.717) is 29.8 Å². The Balaban J connectivity index is 1.38. The minimum Gasteiger partial charge on any atom is -0.481 e. The van der Waals surface area contributed by atoms with E-state index in [2.05, 4.69) is 28.4 Å². The third-order valence-electron chi connectivity index (χ3n) is 7.19. The summed E-state index contributed by atoms with van der Waals surface area (Å²) in [5.74, 6) is -0.186. The van der Waals surface area contributed by atoms with Crippen LogP contribution in [0.4, 0.5) is 8.78 Å². The smallest absolute Gasteiger partial charge is 0.261 e. The molecule has 6 heteroatoms. The van der Waals surface area contributed by atoms with Gasteiger partial charge in [0.05, 0.1) is 6.04 Å². The number of hydrogen-bond donors (Lipinski definition) is 1. The SMILES string of the molecule is CCC(Oc1ccc2c(c1)C(c1ccccc1)N(Cc1ccccc1F)CC2)C(=O)NCc1cccc(F)c1. The van der Waals surface area contributed by atoms with Crippen molar-refractivity contribution in [3.8, 4) is 5.75 Å². The topological polar surface area (TPSA) is 41.6 Å². The monoisotopic (exact) mass is 526 g/mol. The van der Waals surface area contributed by atoms with Crippen molar-refractivity contribution in [3.05, 3.63) is 137 Å². The lowest BCUT2D eigenvalue weighted by molar-refractivity contribution is -0.128. The summed E-state index contributed by atoms with van der Waals surface area (Å²) in [6, 6.07) is 29.2. The normalized spacial score (nSPS) is 15.8. The van der Waals surface area contributed by atoms with Crippen molar-refractivity contribution in [2.24, 2.45) is 0 Å². The average Bonchev–Trinajstić information content (AvgIpc) is 2.96. The fourth-order valence-corrected chi connectivity index (χ4v) is 5.20. The number of hydrogen-bond acceptors (Lipinski definition) is 3. The van der Waals surface area contributed by atoms with E-state index >= 15 is 0 Å². The molecule has 1 heterocycles. The van der Waals surface area contributed by atoms with E-state index in [1.165, 1.54) is 23.8 Å². The van der Waals surface area contributed by atoms with Crippen LogP contribution in [0.3, 0.4) is 0 Å². The fraction of sp³-hybridized carbons (Fsp3) is 0.242. The van der Waals surface area contributed by atoms with E-state index < -0.39 is 6.10 Å². The molecule has 4 aromatic carbocycles. The highest BCUT2D eigenvalue weighted by atomic mass is 19.1. The second-order valence-electron chi connectivity index (χ2n) is 9.85. The molecule has 39 heavy (non-hydrogen) atoms. The van der Waals surface area contributed by atoms with Gasteiger partial charge >= 0.3 is 0 Å². The summed E-state index contributed by atoms with van der Waals surface area (Å²) in [5.41, 5.74) is 4.77. The highest BCUT2D eigenvalue weighted by Crippen LogP contribution is 2.38. The quantitative estimate of drug-likeness (QED) is 0.268. The van der Waals surface area contributed by atoms with Gasteiger partial charge in [-0.15, -0.1) is 0 Å². The number of halogens is 2. The van der Waals surface area contributed by atoms with Gasteiger partial charge in [0.2, 0.25) is 0 Å². The van der Waals surface area contributed by atoms with Crippen LogP contribution >= 0.6 is 0 Å². The molecule has 5 rings (SSSR count). The van der Waals surface area contributed by atoms with Crippen molar-refractivity contribution < 1.29 is 18.3 Å². The summed E-state index contributed by atoms with van der Waals surface area (Å²) < 4.78 is 34.3. The highest BCUT2D eigenvalue weighted by Gasteiger charge is 2.30. The summed E-state index contributed by atoms with van der Waals surface area (Å²) in [5, 5.41) is 2.86. The molecule has 0 spiro atoms. The summed E-state index contributed by atoms with van der Waals surface area (Å²) in [7, 11) is 0. The van der Waals surface area contributed by atoms with E-state index in [1.54, 1.807) is 18.2 Å². The van der Waals surface area contributed by atoms with Crippen molar-refractivity contribution in [1.82, 2.24) is 10.2 Å². The van der Waals surface area contributed by atoms with E-state index in [1.807, 2.05) is 49.4 Å². The zero-order valence-electron chi connectivity index (χ0n) is 21.9. The van der Waals surface area contributed by atoms with Crippen LogP contribution in [0.15, 0.2) is 97.1 Å². The standard InChI is InChI=1S/C33H32F2N2O2/c1-2-31(33(38)36-21-23-9-8-13-27(34)19-23)39-28-16-15-24-17-18-37(22-26-12-6-7-14-30(26)35)32(29(24)20-28)25-10-4-3-5-11-25/h3-16,19-20,31-32H,2,17-18,21-22H2,1H3,(H,36,38). The molecule has 0 fully saturated rings. The molecule has 200 valence electrons. The Kier molecular flexibility index (Phi) is 8.33. The van der Waals surface area contributed by atoms with Gasteiger partial charge in [-0.2, -0.15) is 0 Å². The first-order valence-corrected chi connectivity index (χ1v) is 13.4. The highest BCUT2D eigenvalue weighted by molar-refractivity contribution is 5.81. The Morgan fingerprint density at radius 3 is 2.54 bits per heavy atom. The molecule has 0 bridgehead atoms. The third-order valence-corrected chi connectivity index (χ3v) is 7.19. The second-order valence-corrected chi connectivity index (χ2v) is 9.85. The lowest BCUT2D eigenvalue weighted by Gasteiger charge is -2.38. The van der Waals surface area contributed by atoms with E-state index in [0.717, 1.165) is 24.1 Å². The predicted molar refractivity (Wildman–Crippen MR) is 148 cm³/mol. The molecule has 2 unspecified atom stereocenters. The maximum Gasteiger partial charge on any atom is 0.261 e. The minimum absolute atomic E-state index is 0.0833. The first-order valence-electron chi connectivity index (χ1n) is 13.4. The van der Waals surface area contributed by atoms with Crippen LogP contribution in [0.5, 0.6) is 5.75 Å². The van der Waals surface area contributed by atoms with Crippen molar-refractivity contribution in [1.29, 1.82) is 0 Å². The summed E-state index contributed by atoms with van der Waals surface area (Å²) >= 11 is 0. The Hall–Kier alpha value is -4.03. The van der Waals surface area contributed by atoms with Crippen molar-refractivity contribution >= 4 is 5.91 Å². The van der Waals surface area contributed by atoms with Crippen LogP contribution in [0.1, 0.15) is 47.2 Å². The van der Waals surface area contributed by atoms with Gasteiger partial charge in [0.15, 0.2) is 6.10 Å². The Morgan fingerprint density at radius 2 is 1.77 bits per heavy atom. The molecule has 4 nitrogen and oxygen atoms in total. The second kappa shape index (κ2) is 12.2. The largest absolute Gasteiger partial charge is 0.481 e. The summed E-state index contributed by atoms with van der Waals surface area (Å²) in [4.78, 5) is 15.2. The molecule has 2 atom stereocenters. The zero-order valence-corrected chi connectivity index (χ0v) is 21.9. The molecule has 0 aliphatic carbocycles. The molecular formula is C33H32F2N2O2. The number of ether oxygens (including phenoxy) is 1. The lowest BCUT2D eigenvalue weighted by atomic mass is 9.87. The van der Waals surface area contributed by atoms with E-state index in [-0.39, 0.29) is 30.1 Å². The van der Waals surface area contributed by atoms with Crippen molar-refractivity contribution in [3.63, 3.8) is 0 Å². The van der Waals surface area contributed by atoms with Gasteiger partial charge < -0.3 is 10.1 Å². The number of carbonyl (C=O) groups is 1. The van der Waals surface area contributed by atoms with Gasteiger partial charge in [0, 0.05) is 25.2 Å². The Bertz CT molecular complexity index is 1430. The van der Waals surface area contributed by atoms with E-state index in [4.69, 9.17) is 4.74 Å². The molecule has 1 N–H and O–H groups in total. The van der Waals surface area contributed by atoms with Gasteiger partial charge in [-0.3, -0.25) is 9.69 Å². The molecule has 0 saturated heterocycles. The van der Waals surface area contributed by atoms with Gasteiger partial charge in [0.1, 0.15) is 17.4 Å². The molecule has 0 aromatic heterocycles. The van der Waals surface area contributed by atoms with Crippen LogP contribution in [-0.2, 0) is 24.3 Å². The molecule has 1 aliphatic rings. The van der Waals surface area contributed by atoms with E-state index in [9.17, 15) is 13.6 Å². The van der Waals surface area contributed by atoms with Gasteiger partial charge in [0.25, 0.3) is 5.91 Å². The Labute approximate surface area is 228 Å². The summed E-state index contributed by atoms with van der Waals surface area (Å²) in [6.45, 7) is 3.40. The lowest BCUT2D eigenvalue weighted by Crippen LogP contribution is -2.38. The van der Waals surface area contributed by atoms with Crippen LogP contribution in [0.25, 0.3) is 0 Å². The number of amides is 1. The molecule has 0 saturated carbocycles. The van der Waals surface area contributed by atoms with Crippen LogP contribution in [0.2, 0.25) is 0 Å². The van der Waals surface area contributed by atoms with Gasteiger partial charge in [-0.25, -0.2) is 8.78 Å². The number of nitrogens with zero attached hydrogens (tertiary/aromatic N) is 1. The van der Waals surface area contributed by atoms with Crippen LogP contribution < -0.4 is 10.1 Å². The van der Waals surface area contributed by atoms with Gasteiger partial charge in [-0.05, 0) is 65.4 Å². The molecule has 1 aliphatic heterocycles. The maximum absolute atomic E-state index is 14.6. The number of nitrogens with one attached hydrogen (secondary N) is 1. The number of benzene rings is 4. The Morgan fingerprint density at radius 1 is 0.974 bits per heavy atom. The number of fused-ring (bicyclic) bond motifs is 1. The number of carbonyl (C=O) groups excluding carboxylic acids is 1.